The summed E-state index contributed by atoms with van der Waals surface area (Å²) in [4.78, 5) is 2.63. The molecule has 18 heavy (non-hydrogen) atoms. The van der Waals surface area contributed by atoms with E-state index >= 15 is 0 Å². The maximum atomic E-state index is 8.93. The largest absolute Gasteiger partial charge is 0.316 e. The molecule has 0 spiro atoms. The molecular weight excluding hydrogens is 222 g/mol. The molecule has 1 aliphatic carbocycles. The van der Waals surface area contributed by atoms with Gasteiger partial charge in [-0.05, 0) is 63.1 Å². The van der Waals surface area contributed by atoms with Crippen molar-refractivity contribution in [3.05, 3.63) is 0 Å². The molecule has 0 radical (unpaired) electrons. The quantitative estimate of drug-likeness (QED) is 0.753. The minimum atomic E-state index is 0.367. The molecule has 0 aromatic rings. The summed E-state index contributed by atoms with van der Waals surface area (Å²) in [6.45, 7) is 8.23. The monoisotopic (exact) mass is 249 g/mol. The van der Waals surface area contributed by atoms with Crippen molar-refractivity contribution in [3.8, 4) is 6.07 Å². The summed E-state index contributed by atoms with van der Waals surface area (Å²) < 4.78 is 0. The van der Waals surface area contributed by atoms with Crippen molar-refractivity contribution in [1.29, 1.82) is 5.26 Å². The summed E-state index contributed by atoms with van der Waals surface area (Å²) in [5.74, 6) is 0.822. The van der Waals surface area contributed by atoms with Gasteiger partial charge < -0.3 is 10.2 Å². The molecule has 1 heterocycles. The predicted octanol–water partition coefficient (Wildman–Crippen LogP) is 2.39. The summed E-state index contributed by atoms with van der Waals surface area (Å²) in [5.41, 5.74) is 0.367. The molecule has 3 heteroatoms. The lowest BCUT2D eigenvalue weighted by atomic mass is 9.97. The third kappa shape index (κ3) is 3.96. The lowest BCUT2D eigenvalue weighted by molar-refractivity contribution is 0.175. The van der Waals surface area contributed by atoms with Crippen LogP contribution >= 0.6 is 0 Å². The first-order valence-electron chi connectivity index (χ1n) is 7.58. The average molecular weight is 249 g/mol. The van der Waals surface area contributed by atoms with Gasteiger partial charge >= 0.3 is 0 Å². The van der Waals surface area contributed by atoms with E-state index in [-0.39, 0.29) is 0 Å². The first kappa shape index (κ1) is 13.8. The van der Waals surface area contributed by atoms with E-state index in [9.17, 15) is 0 Å². The third-order valence-corrected chi connectivity index (χ3v) is 4.43. The first-order valence-corrected chi connectivity index (χ1v) is 7.58. The summed E-state index contributed by atoms with van der Waals surface area (Å²) in [5, 5.41) is 12.4. The van der Waals surface area contributed by atoms with Gasteiger partial charge in [0.05, 0.1) is 6.07 Å². The summed E-state index contributed by atoms with van der Waals surface area (Å²) in [7, 11) is 0. The first-order chi connectivity index (χ1) is 8.78. The number of nitriles is 1. The van der Waals surface area contributed by atoms with E-state index in [1.54, 1.807) is 0 Å². The molecule has 1 saturated heterocycles. The molecule has 0 aromatic carbocycles. The smallest absolute Gasteiger partial charge is 0.0628 e. The van der Waals surface area contributed by atoms with Crippen molar-refractivity contribution in [2.24, 2.45) is 11.3 Å². The van der Waals surface area contributed by atoms with Crippen LogP contribution in [0.1, 0.15) is 45.4 Å². The van der Waals surface area contributed by atoms with Crippen LogP contribution in [-0.4, -0.2) is 37.6 Å². The summed E-state index contributed by atoms with van der Waals surface area (Å²) in [6.07, 6.45) is 7.22. The highest BCUT2D eigenvalue weighted by atomic mass is 15.1. The van der Waals surface area contributed by atoms with Gasteiger partial charge in [-0.15, -0.1) is 0 Å². The Hall–Kier alpha value is -0.590. The van der Waals surface area contributed by atoms with Crippen molar-refractivity contribution < 1.29 is 0 Å². The van der Waals surface area contributed by atoms with Gasteiger partial charge in [-0.2, -0.15) is 5.26 Å². The zero-order chi connectivity index (χ0) is 12.8. The molecule has 1 unspecified atom stereocenters. The second kappa shape index (κ2) is 6.54. The van der Waals surface area contributed by atoms with Crippen LogP contribution in [0.5, 0.6) is 0 Å². The fourth-order valence-electron chi connectivity index (χ4n) is 3.21. The van der Waals surface area contributed by atoms with Crippen LogP contribution in [0.2, 0.25) is 0 Å². The molecule has 1 N–H and O–H groups in total. The van der Waals surface area contributed by atoms with Crippen molar-refractivity contribution in [2.75, 3.05) is 32.7 Å². The molecule has 1 atom stereocenters. The number of rotatable bonds is 7. The molecule has 2 rings (SSSR count). The number of nitrogens with zero attached hydrogens (tertiary/aromatic N) is 2. The zero-order valence-corrected chi connectivity index (χ0v) is 11.7. The Morgan fingerprint density at radius 1 is 1.44 bits per heavy atom. The lowest BCUT2D eigenvalue weighted by Crippen LogP contribution is -2.40. The van der Waals surface area contributed by atoms with Gasteiger partial charge in [0.25, 0.3) is 0 Å². The van der Waals surface area contributed by atoms with Crippen LogP contribution in [0.25, 0.3) is 0 Å². The van der Waals surface area contributed by atoms with E-state index in [0.717, 1.165) is 18.9 Å². The number of hydrogen-bond acceptors (Lipinski definition) is 3. The molecule has 1 aliphatic heterocycles. The molecular formula is C15H27N3. The van der Waals surface area contributed by atoms with Gasteiger partial charge in [0, 0.05) is 19.5 Å². The van der Waals surface area contributed by atoms with Gasteiger partial charge in [0.1, 0.15) is 0 Å². The van der Waals surface area contributed by atoms with Gasteiger partial charge in [-0.1, -0.05) is 6.92 Å². The normalized spacial score (nSPS) is 25.9. The van der Waals surface area contributed by atoms with E-state index in [0.29, 0.717) is 5.41 Å². The van der Waals surface area contributed by atoms with Crippen LogP contribution in [0.15, 0.2) is 0 Å². The van der Waals surface area contributed by atoms with Crippen molar-refractivity contribution in [3.63, 3.8) is 0 Å². The minimum absolute atomic E-state index is 0.367. The maximum absolute atomic E-state index is 8.93. The Morgan fingerprint density at radius 3 is 2.83 bits per heavy atom. The standard InChI is InChI=1S/C15H27N3/c1-2-10-18(12-14-4-3-9-17-11-14)13-15(5-6-15)7-8-16/h14,17H,2-7,9-13H2,1H3. The van der Waals surface area contributed by atoms with E-state index < -0.39 is 0 Å². The Morgan fingerprint density at radius 2 is 2.28 bits per heavy atom. The predicted molar refractivity (Wildman–Crippen MR) is 74.2 cm³/mol. The number of nitrogens with one attached hydrogen (secondary N) is 1. The molecule has 2 aliphatic rings. The molecule has 1 saturated carbocycles. The highest BCUT2D eigenvalue weighted by molar-refractivity contribution is 5.01. The Labute approximate surface area is 112 Å². The SMILES string of the molecule is CCCN(CC1CCCNC1)CC1(CC#N)CC1. The molecule has 3 nitrogen and oxygen atoms in total. The van der Waals surface area contributed by atoms with Crippen molar-refractivity contribution in [2.45, 2.75) is 45.4 Å². The molecule has 102 valence electrons. The molecule has 0 aromatic heterocycles. The van der Waals surface area contributed by atoms with E-state index in [2.05, 4.69) is 23.2 Å². The van der Waals surface area contributed by atoms with Crippen LogP contribution in [0.4, 0.5) is 0 Å². The Bertz CT molecular complexity index is 285. The fourth-order valence-corrected chi connectivity index (χ4v) is 3.21. The zero-order valence-electron chi connectivity index (χ0n) is 11.7. The van der Waals surface area contributed by atoms with Crippen LogP contribution in [-0.2, 0) is 0 Å². The van der Waals surface area contributed by atoms with Gasteiger partial charge in [0.2, 0.25) is 0 Å². The topological polar surface area (TPSA) is 39.1 Å². The molecule has 0 amide bonds. The minimum Gasteiger partial charge on any atom is -0.316 e. The van der Waals surface area contributed by atoms with E-state index in [1.807, 2.05) is 0 Å². The molecule has 0 bridgehead atoms. The van der Waals surface area contributed by atoms with Gasteiger partial charge in [0.15, 0.2) is 0 Å². The average Bonchev–Trinajstić information content (AvgIpc) is 3.11. The Balaban J connectivity index is 1.81. The summed E-state index contributed by atoms with van der Waals surface area (Å²) >= 11 is 0. The van der Waals surface area contributed by atoms with Crippen molar-refractivity contribution in [1.82, 2.24) is 10.2 Å². The lowest BCUT2D eigenvalue weighted by Gasteiger charge is -2.32. The van der Waals surface area contributed by atoms with Crippen molar-refractivity contribution >= 4 is 0 Å². The molecule has 2 fully saturated rings. The van der Waals surface area contributed by atoms with Crippen LogP contribution in [0.3, 0.4) is 0 Å². The second-order valence-electron chi connectivity index (χ2n) is 6.28. The Kier molecular flexibility index (Phi) is 5.03. The summed E-state index contributed by atoms with van der Waals surface area (Å²) in [6, 6.07) is 2.38. The van der Waals surface area contributed by atoms with Gasteiger partial charge in [-0.3, -0.25) is 0 Å². The number of piperidine rings is 1. The highest BCUT2D eigenvalue weighted by Gasteiger charge is 2.43. The van der Waals surface area contributed by atoms with E-state index in [1.165, 1.54) is 58.3 Å². The van der Waals surface area contributed by atoms with Gasteiger partial charge in [-0.25, -0.2) is 0 Å². The van der Waals surface area contributed by atoms with E-state index in [4.69, 9.17) is 5.26 Å². The fraction of sp³-hybridized carbons (Fsp3) is 0.933. The second-order valence-corrected chi connectivity index (χ2v) is 6.28. The van der Waals surface area contributed by atoms with Crippen LogP contribution < -0.4 is 5.32 Å². The third-order valence-electron chi connectivity index (χ3n) is 4.43. The number of hydrogen-bond donors (Lipinski definition) is 1. The maximum Gasteiger partial charge on any atom is 0.0628 e. The highest BCUT2D eigenvalue weighted by Crippen LogP contribution is 2.49. The van der Waals surface area contributed by atoms with Crippen LogP contribution in [0, 0.1) is 22.7 Å².